The molecule has 0 radical (unpaired) electrons. The summed E-state index contributed by atoms with van der Waals surface area (Å²) in [6.07, 6.45) is 14.3. The highest BCUT2D eigenvalue weighted by molar-refractivity contribution is 5.71. The quantitative estimate of drug-likeness (QED) is 0.215. The van der Waals surface area contributed by atoms with Crippen molar-refractivity contribution in [1.82, 2.24) is 9.80 Å². The van der Waals surface area contributed by atoms with Gasteiger partial charge in [-0.1, -0.05) is 90.5 Å². The van der Waals surface area contributed by atoms with Crippen molar-refractivity contribution in [1.29, 1.82) is 0 Å². The molecule has 2 N–H and O–H groups in total. The van der Waals surface area contributed by atoms with Crippen LogP contribution in [0.4, 0.5) is 5.69 Å². The van der Waals surface area contributed by atoms with E-state index in [-0.39, 0.29) is 0 Å². The lowest BCUT2D eigenvalue weighted by Crippen LogP contribution is -2.40. The molecule has 4 atom stereocenters. The smallest absolute Gasteiger partial charge is 0.187 e. The molecule has 0 aliphatic carbocycles. The van der Waals surface area contributed by atoms with E-state index in [4.69, 9.17) is 12.3 Å². The van der Waals surface area contributed by atoms with Crippen LogP contribution in [0.5, 0.6) is 0 Å². The first kappa shape index (κ1) is 32.5. The second-order valence-electron chi connectivity index (χ2n) is 14.7. The Kier molecular flexibility index (Phi) is 9.91. The van der Waals surface area contributed by atoms with Crippen molar-refractivity contribution in [3.05, 3.63) is 131 Å². The van der Waals surface area contributed by atoms with Crippen LogP contribution in [-0.2, 0) is 13.0 Å². The molecule has 0 spiro atoms. The van der Waals surface area contributed by atoms with E-state index < -0.39 is 0 Å². The normalized spacial score (nSPS) is 24.9. The minimum absolute atomic E-state index is 0.603. The highest BCUT2D eigenvalue weighted by atomic mass is 15.2. The molecule has 4 heteroatoms. The summed E-state index contributed by atoms with van der Waals surface area (Å²) < 4.78 is 0. The summed E-state index contributed by atoms with van der Waals surface area (Å²) in [5.74, 6) is 0.851. The maximum absolute atomic E-state index is 7.19. The molecule has 0 saturated carbocycles. The molecule has 4 bridgehead atoms. The van der Waals surface area contributed by atoms with Gasteiger partial charge in [-0.05, 0) is 135 Å². The molecule has 0 aromatic heterocycles. The lowest BCUT2D eigenvalue weighted by atomic mass is 9.85. The van der Waals surface area contributed by atoms with Crippen molar-refractivity contribution in [2.45, 2.75) is 88.5 Å². The van der Waals surface area contributed by atoms with Crippen LogP contribution in [0.15, 0.2) is 103 Å². The number of nitrogens with two attached hydrogens (primary N) is 1. The zero-order valence-corrected chi connectivity index (χ0v) is 28.7. The third-order valence-corrected chi connectivity index (χ3v) is 11.7. The van der Waals surface area contributed by atoms with E-state index in [1.807, 2.05) is 18.2 Å². The molecule has 8 rings (SSSR count). The number of benzene rings is 4. The first-order chi connectivity index (χ1) is 23.4. The molecule has 4 saturated heterocycles. The van der Waals surface area contributed by atoms with Gasteiger partial charge in [0, 0.05) is 30.7 Å². The van der Waals surface area contributed by atoms with E-state index in [0.29, 0.717) is 12.2 Å². The average Bonchev–Trinajstić information content (AvgIpc) is 3.43. The van der Waals surface area contributed by atoms with Gasteiger partial charge in [0.15, 0.2) is 5.69 Å². The number of rotatable bonds is 6. The SMILES string of the molecule is CN1C2CCC1CC(Cc1cccc(-c3cccc(CN)c3)c1)C2.[C-]#[N+]c1cccc(-c2cccc(C=C3CC4CCC(C3)N4C)c2)c1. The van der Waals surface area contributed by atoms with Crippen LogP contribution in [0.2, 0.25) is 0 Å². The van der Waals surface area contributed by atoms with Gasteiger partial charge in [0.2, 0.25) is 0 Å². The first-order valence-corrected chi connectivity index (χ1v) is 18.1. The molecule has 246 valence electrons. The standard InChI is InChI=1S/C22H22N2.C22H28N2/c1-23-20-8-4-7-19(15-20)18-6-3-5-16(12-18)11-17-13-21-9-10-22(14-17)24(21)2;1-24-21-8-9-22(24)14-18(13-21)10-16-4-2-6-19(11-16)20-7-3-5-17(12-20)15-23/h3-8,11-12,15,21-22H,9-10,13-14H2,2H3;2-7,11-12,18,21-22H,8-10,13-15,23H2,1H3. The summed E-state index contributed by atoms with van der Waals surface area (Å²) in [6.45, 7) is 7.79. The van der Waals surface area contributed by atoms with Crippen LogP contribution in [0, 0.1) is 12.5 Å². The second kappa shape index (κ2) is 14.6. The van der Waals surface area contributed by atoms with Crippen molar-refractivity contribution in [2.24, 2.45) is 11.7 Å². The van der Waals surface area contributed by atoms with E-state index in [9.17, 15) is 0 Å². The molecule has 0 amide bonds. The number of piperidine rings is 2. The third-order valence-electron chi connectivity index (χ3n) is 11.7. The average molecular weight is 635 g/mol. The van der Waals surface area contributed by atoms with Gasteiger partial charge in [0.25, 0.3) is 0 Å². The van der Waals surface area contributed by atoms with E-state index in [2.05, 4.69) is 114 Å². The zero-order chi connectivity index (χ0) is 33.0. The summed E-state index contributed by atoms with van der Waals surface area (Å²) in [4.78, 5) is 8.74. The van der Waals surface area contributed by atoms with Crippen LogP contribution >= 0.6 is 0 Å². The topological polar surface area (TPSA) is 36.9 Å². The highest BCUT2D eigenvalue weighted by Gasteiger charge is 2.38. The van der Waals surface area contributed by atoms with E-state index in [1.54, 1.807) is 5.57 Å². The largest absolute Gasteiger partial charge is 0.326 e. The number of nitrogens with zero attached hydrogens (tertiary/aromatic N) is 3. The third kappa shape index (κ3) is 7.35. The van der Waals surface area contributed by atoms with Crippen LogP contribution in [0.25, 0.3) is 33.2 Å². The minimum atomic E-state index is 0.603. The van der Waals surface area contributed by atoms with Crippen LogP contribution in [-0.4, -0.2) is 48.1 Å². The predicted octanol–water partition coefficient (Wildman–Crippen LogP) is 9.77. The van der Waals surface area contributed by atoms with E-state index in [0.717, 1.165) is 35.6 Å². The van der Waals surface area contributed by atoms with Gasteiger partial charge in [-0.15, -0.1) is 0 Å². The minimum Gasteiger partial charge on any atom is -0.326 e. The van der Waals surface area contributed by atoms with Gasteiger partial charge in [-0.2, -0.15) is 0 Å². The molecule has 4 aliphatic rings. The Morgan fingerprint density at radius 1 is 0.667 bits per heavy atom. The van der Waals surface area contributed by atoms with Crippen molar-refractivity contribution >= 4 is 11.8 Å². The monoisotopic (exact) mass is 634 g/mol. The zero-order valence-electron chi connectivity index (χ0n) is 28.7. The molecule has 4 aromatic rings. The van der Waals surface area contributed by atoms with Crippen LogP contribution in [0.1, 0.15) is 68.1 Å². The Bertz CT molecular complexity index is 1770. The summed E-state index contributed by atoms with van der Waals surface area (Å²) >= 11 is 0. The molecular formula is C44H50N4. The molecule has 4 unspecified atom stereocenters. The maximum atomic E-state index is 7.19. The Morgan fingerprint density at radius 2 is 1.19 bits per heavy atom. The van der Waals surface area contributed by atoms with E-state index >= 15 is 0 Å². The molecule has 48 heavy (non-hydrogen) atoms. The van der Waals surface area contributed by atoms with E-state index in [1.165, 1.54) is 91.2 Å². The van der Waals surface area contributed by atoms with Crippen molar-refractivity contribution < 1.29 is 0 Å². The summed E-state index contributed by atoms with van der Waals surface area (Å²) in [5, 5.41) is 0. The van der Waals surface area contributed by atoms with Gasteiger partial charge < -0.3 is 10.6 Å². The molecule has 4 nitrogen and oxygen atoms in total. The molecule has 4 aliphatic heterocycles. The fourth-order valence-electron chi connectivity index (χ4n) is 8.97. The highest BCUT2D eigenvalue weighted by Crippen LogP contribution is 2.40. The van der Waals surface area contributed by atoms with Gasteiger partial charge >= 0.3 is 0 Å². The Morgan fingerprint density at radius 3 is 1.83 bits per heavy atom. The fourth-order valence-corrected chi connectivity index (χ4v) is 8.97. The van der Waals surface area contributed by atoms with Crippen molar-refractivity contribution in [3.63, 3.8) is 0 Å². The Balaban J connectivity index is 0.000000152. The number of hydrogen-bond acceptors (Lipinski definition) is 3. The summed E-state index contributed by atoms with van der Waals surface area (Å²) in [6, 6.07) is 37.4. The van der Waals surface area contributed by atoms with Gasteiger partial charge in [-0.3, -0.25) is 4.90 Å². The lowest BCUT2D eigenvalue weighted by molar-refractivity contribution is 0.134. The van der Waals surface area contributed by atoms with Crippen LogP contribution < -0.4 is 5.73 Å². The molecule has 4 heterocycles. The number of hydrogen-bond donors (Lipinski definition) is 1. The Hall–Kier alpha value is -4.01. The molecule has 4 aromatic carbocycles. The maximum Gasteiger partial charge on any atom is 0.187 e. The fraction of sp³-hybridized carbons (Fsp3) is 0.386. The second-order valence-corrected chi connectivity index (χ2v) is 14.7. The number of fused-ring (bicyclic) bond motifs is 4. The van der Waals surface area contributed by atoms with Gasteiger partial charge in [-0.25, -0.2) is 4.85 Å². The molecule has 4 fully saturated rings. The van der Waals surface area contributed by atoms with Crippen molar-refractivity contribution in [3.8, 4) is 22.3 Å². The predicted molar refractivity (Wildman–Crippen MR) is 201 cm³/mol. The first-order valence-electron chi connectivity index (χ1n) is 18.1. The summed E-state index contributed by atoms with van der Waals surface area (Å²) in [5.41, 5.74) is 16.9. The Labute approximate surface area is 288 Å². The van der Waals surface area contributed by atoms with Crippen molar-refractivity contribution in [2.75, 3.05) is 14.1 Å². The summed E-state index contributed by atoms with van der Waals surface area (Å²) in [7, 11) is 4.60. The lowest BCUT2D eigenvalue weighted by Gasteiger charge is -2.36. The van der Waals surface area contributed by atoms with Gasteiger partial charge in [0.1, 0.15) is 0 Å². The van der Waals surface area contributed by atoms with Gasteiger partial charge in [0.05, 0.1) is 6.57 Å². The molecular weight excluding hydrogens is 585 g/mol. The van der Waals surface area contributed by atoms with Crippen LogP contribution in [0.3, 0.4) is 0 Å².